The van der Waals surface area contributed by atoms with Crippen molar-refractivity contribution < 1.29 is 23.1 Å². The second kappa shape index (κ2) is 8.18. The highest BCUT2D eigenvalue weighted by molar-refractivity contribution is 6.47. The topological polar surface area (TPSA) is 62.0 Å². The van der Waals surface area contributed by atoms with Gasteiger partial charge in [0.05, 0.1) is 5.56 Å². The lowest BCUT2D eigenvalue weighted by molar-refractivity contribution is -0.137. The number of amides is 1. The van der Waals surface area contributed by atoms with E-state index in [9.17, 15) is 23.1 Å². The van der Waals surface area contributed by atoms with Crippen LogP contribution in [-0.4, -0.2) is 28.7 Å². The van der Waals surface area contributed by atoms with Crippen LogP contribution in [0.4, 0.5) is 13.2 Å². The number of alkyl halides is 3. The molecule has 0 aromatic heterocycles. The van der Waals surface area contributed by atoms with Crippen LogP contribution in [0, 0.1) is 0 Å². The van der Waals surface area contributed by atoms with Crippen molar-refractivity contribution >= 4 is 17.5 Å². The van der Waals surface area contributed by atoms with Gasteiger partial charge in [-0.2, -0.15) is 18.2 Å². The van der Waals surface area contributed by atoms with Gasteiger partial charge in [-0.1, -0.05) is 66.7 Å². The Bertz CT molecular complexity index is 1150. The number of aliphatic hydroxyl groups is 1. The molecule has 31 heavy (non-hydrogen) atoms. The van der Waals surface area contributed by atoms with Gasteiger partial charge in [-0.3, -0.25) is 9.79 Å². The van der Waals surface area contributed by atoms with Crippen LogP contribution in [-0.2, 0) is 17.4 Å². The third-order valence-corrected chi connectivity index (χ3v) is 4.97. The number of hydrogen-bond acceptors (Lipinski definition) is 2. The average molecular weight is 422 g/mol. The summed E-state index contributed by atoms with van der Waals surface area (Å²) in [6, 6.07) is 20.8. The molecule has 0 bridgehead atoms. The highest BCUT2D eigenvalue weighted by Crippen LogP contribution is 2.29. The quantitative estimate of drug-likeness (QED) is 0.623. The first-order valence-electron chi connectivity index (χ1n) is 9.53. The minimum Gasteiger partial charge on any atom is -0.492 e. The molecule has 0 fully saturated rings. The number of rotatable bonds is 4. The molecule has 1 aliphatic rings. The molecule has 1 N–H and O–H groups in total. The van der Waals surface area contributed by atoms with Crippen molar-refractivity contribution in [2.75, 3.05) is 0 Å². The predicted octanol–water partition coefficient (Wildman–Crippen LogP) is 5.27. The van der Waals surface area contributed by atoms with Gasteiger partial charge in [0.25, 0.3) is 5.91 Å². The first-order valence-corrected chi connectivity index (χ1v) is 9.53. The molecule has 3 aromatic rings. The van der Waals surface area contributed by atoms with Gasteiger partial charge in [0.1, 0.15) is 11.8 Å². The van der Waals surface area contributed by atoms with E-state index in [-0.39, 0.29) is 17.7 Å². The smallest absolute Gasteiger partial charge is 0.416 e. The fourth-order valence-corrected chi connectivity index (χ4v) is 3.34. The molecule has 7 heteroatoms. The molecule has 156 valence electrons. The largest absolute Gasteiger partial charge is 0.492 e. The molecule has 3 aromatic carbocycles. The van der Waals surface area contributed by atoms with Crippen molar-refractivity contribution in [1.29, 1.82) is 0 Å². The summed E-state index contributed by atoms with van der Waals surface area (Å²) in [4.78, 5) is 20.2. The molecular formula is C24H17F3N2O2. The third kappa shape index (κ3) is 4.55. The zero-order chi connectivity index (χ0) is 22.0. The number of halogens is 3. The molecule has 0 saturated heterocycles. The first kappa shape index (κ1) is 20.5. The van der Waals surface area contributed by atoms with E-state index in [1.165, 1.54) is 12.1 Å². The Morgan fingerprint density at radius 1 is 0.806 bits per heavy atom. The van der Waals surface area contributed by atoms with Gasteiger partial charge in [-0.05, 0) is 28.8 Å². The lowest BCUT2D eigenvalue weighted by Crippen LogP contribution is -2.31. The number of nitrogens with zero attached hydrogens (tertiary/aromatic N) is 2. The summed E-state index contributed by atoms with van der Waals surface area (Å²) in [7, 11) is 0. The predicted molar refractivity (Wildman–Crippen MR) is 112 cm³/mol. The zero-order valence-electron chi connectivity index (χ0n) is 16.2. The van der Waals surface area contributed by atoms with Gasteiger partial charge in [0.2, 0.25) is 5.90 Å². The summed E-state index contributed by atoms with van der Waals surface area (Å²) in [5.74, 6) is -1.19. The maximum atomic E-state index is 12.8. The summed E-state index contributed by atoms with van der Waals surface area (Å²) in [6.07, 6.45) is -4.21. The van der Waals surface area contributed by atoms with E-state index in [1.807, 2.05) is 54.6 Å². The molecular weight excluding hydrogens is 405 g/mol. The zero-order valence-corrected chi connectivity index (χ0v) is 16.2. The number of hydrogen-bond donors (Lipinski definition) is 1. The molecule has 0 spiro atoms. The molecule has 1 amide bonds. The Morgan fingerprint density at radius 3 is 2.00 bits per heavy atom. The van der Waals surface area contributed by atoms with Crippen LogP contribution < -0.4 is 0 Å². The lowest BCUT2D eigenvalue weighted by Gasteiger charge is -2.17. The molecule has 4 rings (SSSR count). The van der Waals surface area contributed by atoms with Crippen molar-refractivity contribution in [3.63, 3.8) is 0 Å². The Morgan fingerprint density at radius 2 is 1.39 bits per heavy atom. The number of aliphatic hydroxyl groups excluding tert-OH is 1. The summed E-state index contributed by atoms with van der Waals surface area (Å²) in [6.45, 7) is 0. The van der Waals surface area contributed by atoms with Gasteiger partial charge < -0.3 is 5.11 Å². The Balaban J connectivity index is 1.56. The average Bonchev–Trinajstić information content (AvgIpc) is 2.76. The lowest BCUT2D eigenvalue weighted by atomic mass is 9.99. The molecule has 1 unspecified atom stereocenters. The minimum absolute atomic E-state index is 0.000713. The molecule has 1 atom stereocenters. The van der Waals surface area contributed by atoms with Crippen molar-refractivity contribution in [2.24, 2.45) is 9.98 Å². The van der Waals surface area contributed by atoms with Gasteiger partial charge in [0.15, 0.2) is 0 Å². The summed E-state index contributed by atoms with van der Waals surface area (Å²) in [5, 5.41) is 10.0. The van der Waals surface area contributed by atoms with Gasteiger partial charge >= 0.3 is 6.18 Å². The van der Waals surface area contributed by atoms with Crippen LogP contribution in [0.3, 0.4) is 0 Å². The van der Waals surface area contributed by atoms with Gasteiger partial charge in [-0.15, -0.1) is 0 Å². The maximum absolute atomic E-state index is 12.8. The molecule has 0 saturated carbocycles. The monoisotopic (exact) mass is 422 g/mol. The summed E-state index contributed by atoms with van der Waals surface area (Å²) >= 11 is 0. The number of carbonyl (C=O) groups excluding carboxylic acids is 1. The van der Waals surface area contributed by atoms with E-state index >= 15 is 0 Å². The van der Waals surface area contributed by atoms with E-state index < -0.39 is 29.6 Å². The van der Waals surface area contributed by atoms with Crippen molar-refractivity contribution in [1.82, 2.24) is 0 Å². The van der Waals surface area contributed by atoms with Crippen molar-refractivity contribution in [2.45, 2.75) is 18.6 Å². The Labute approximate surface area is 176 Å². The van der Waals surface area contributed by atoms with Crippen molar-refractivity contribution in [3.8, 4) is 11.1 Å². The SMILES string of the molecule is O=C1N=C(O)C(c2ccc(C(F)(F)F)cc2)=NC1Cc1ccc(-c2ccccc2)cc1. The molecule has 1 heterocycles. The first-order chi connectivity index (χ1) is 14.8. The Kier molecular flexibility index (Phi) is 5.42. The highest BCUT2D eigenvalue weighted by Gasteiger charge is 2.31. The van der Waals surface area contributed by atoms with E-state index in [4.69, 9.17) is 0 Å². The van der Waals surface area contributed by atoms with E-state index in [2.05, 4.69) is 9.98 Å². The molecule has 4 nitrogen and oxygen atoms in total. The van der Waals surface area contributed by atoms with Crippen LogP contribution in [0.2, 0.25) is 0 Å². The van der Waals surface area contributed by atoms with Crippen LogP contribution >= 0.6 is 0 Å². The second-order valence-electron chi connectivity index (χ2n) is 7.11. The minimum atomic E-state index is -4.46. The number of benzene rings is 3. The summed E-state index contributed by atoms with van der Waals surface area (Å²) in [5.41, 5.74) is 2.40. The summed E-state index contributed by atoms with van der Waals surface area (Å²) < 4.78 is 38.3. The Hall–Kier alpha value is -3.74. The fraction of sp³-hybridized carbons (Fsp3) is 0.125. The molecule has 0 aliphatic carbocycles. The van der Waals surface area contributed by atoms with E-state index in [0.29, 0.717) is 0 Å². The second-order valence-corrected chi connectivity index (χ2v) is 7.11. The van der Waals surface area contributed by atoms with Crippen LogP contribution in [0.1, 0.15) is 16.7 Å². The van der Waals surface area contributed by atoms with Gasteiger partial charge in [0, 0.05) is 12.0 Å². The van der Waals surface area contributed by atoms with Crippen LogP contribution in [0.25, 0.3) is 11.1 Å². The fourth-order valence-electron chi connectivity index (χ4n) is 3.34. The third-order valence-electron chi connectivity index (χ3n) is 4.97. The highest BCUT2D eigenvalue weighted by atomic mass is 19.4. The van der Waals surface area contributed by atoms with E-state index in [0.717, 1.165) is 28.8 Å². The molecule has 1 aliphatic heterocycles. The number of carbonyl (C=O) groups is 1. The van der Waals surface area contributed by atoms with Crippen LogP contribution in [0.15, 0.2) is 88.8 Å². The van der Waals surface area contributed by atoms with Crippen molar-refractivity contribution in [3.05, 3.63) is 95.6 Å². The normalized spacial score (nSPS) is 16.6. The molecule has 0 radical (unpaired) electrons. The standard InChI is InChI=1S/C24H17F3N2O2/c25-24(26,27)19-12-10-18(11-13-19)21-23(31)29-22(30)20(28-21)14-15-6-8-17(9-7-15)16-4-2-1-3-5-16/h1-13,20H,14H2,(H,29,30,31). The maximum Gasteiger partial charge on any atom is 0.416 e. The van der Waals surface area contributed by atoms with Crippen LogP contribution in [0.5, 0.6) is 0 Å². The van der Waals surface area contributed by atoms with E-state index in [1.54, 1.807) is 0 Å². The van der Waals surface area contributed by atoms with Gasteiger partial charge in [-0.25, -0.2) is 0 Å². The number of aliphatic imine (C=N–C) groups is 2.